The van der Waals surface area contributed by atoms with E-state index in [2.05, 4.69) is 0 Å². The van der Waals surface area contributed by atoms with Crippen LogP contribution in [0.3, 0.4) is 0 Å². The predicted molar refractivity (Wildman–Crippen MR) is 67.6 cm³/mol. The lowest BCUT2D eigenvalue weighted by Gasteiger charge is -2.39. The van der Waals surface area contributed by atoms with Crippen LogP contribution in [0.5, 0.6) is 0 Å². The molecule has 0 atom stereocenters. The Balaban J connectivity index is 5.39. The maximum absolute atomic E-state index is 5.49. The molecule has 0 aromatic carbocycles. The molecule has 0 radical (unpaired) electrons. The van der Waals surface area contributed by atoms with Gasteiger partial charge in [-0.3, -0.25) is 0 Å². The predicted octanol–water partition coefficient (Wildman–Crippen LogP) is 1.06. The second-order valence-electron chi connectivity index (χ2n) is 3.39. The number of hydrogen-bond acceptors (Lipinski definition) is 6. The topological polar surface area (TPSA) is 55.4 Å². The molecule has 0 aliphatic carbocycles. The summed E-state index contributed by atoms with van der Waals surface area (Å²) in [6.45, 7) is 2.00. The van der Waals surface area contributed by atoms with E-state index in [1.807, 2.05) is 6.92 Å². The Morgan fingerprint density at radius 1 is 0.647 bits per heavy atom. The summed E-state index contributed by atoms with van der Waals surface area (Å²) in [4.78, 5) is 0. The lowest BCUT2D eigenvalue weighted by molar-refractivity contribution is 0.0792. The lowest BCUT2D eigenvalue weighted by Crippen LogP contribution is -2.61. The molecule has 0 saturated heterocycles. The fourth-order valence-corrected chi connectivity index (χ4v) is 9.63. The van der Waals surface area contributed by atoms with E-state index in [9.17, 15) is 0 Å². The summed E-state index contributed by atoms with van der Waals surface area (Å²) < 4.78 is 32.9. The zero-order valence-electron chi connectivity index (χ0n) is 11.7. The van der Waals surface area contributed by atoms with Crippen molar-refractivity contribution in [3.8, 4) is 0 Å². The first kappa shape index (κ1) is 17.2. The first-order chi connectivity index (χ1) is 8.06. The molecule has 17 heavy (non-hydrogen) atoms. The second-order valence-corrected chi connectivity index (χ2v) is 10.2. The van der Waals surface area contributed by atoms with Crippen LogP contribution in [0, 0.1) is 0 Å². The van der Waals surface area contributed by atoms with Crippen molar-refractivity contribution >= 4 is 17.6 Å². The minimum atomic E-state index is -2.86. The molecule has 0 spiro atoms. The Bertz CT molecular complexity index is 171. The molecule has 0 aromatic rings. The van der Waals surface area contributed by atoms with Crippen molar-refractivity contribution in [3.63, 3.8) is 0 Å². The molecule has 0 rings (SSSR count). The number of hydrogen-bond donors (Lipinski definition) is 0. The van der Waals surface area contributed by atoms with Gasteiger partial charge in [-0.2, -0.15) is 0 Å². The summed E-state index contributed by atoms with van der Waals surface area (Å²) in [5.41, 5.74) is 0. The highest BCUT2D eigenvalue weighted by molar-refractivity contribution is 6.82. The van der Waals surface area contributed by atoms with Gasteiger partial charge in [0.25, 0.3) is 0 Å². The summed E-state index contributed by atoms with van der Waals surface area (Å²) in [5.74, 6) is 0. The zero-order chi connectivity index (χ0) is 13.5. The molecule has 0 bridgehead atoms. The molecule has 104 valence electrons. The Morgan fingerprint density at radius 3 is 1.00 bits per heavy atom. The van der Waals surface area contributed by atoms with Gasteiger partial charge < -0.3 is 26.6 Å². The minimum Gasteiger partial charge on any atom is -0.377 e. The van der Waals surface area contributed by atoms with Crippen LogP contribution in [-0.4, -0.2) is 60.3 Å². The highest BCUT2D eigenvalue weighted by atomic mass is 28.5. The van der Waals surface area contributed by atoms with E-state index in [-0.39, 0.29) is 5.16 Å². The minimum absolute atomic E-state index is 0.157. The summed E-state index contributed by atoms with van der Waals surface area (Å²) in [6.07, 6.45) is 0.726. The Kier molecular flexibility index (Phi) is 7.68. The van der Waals surface area contributed by atoms with Crippen LogP contribution in [0.4, 0.5) is 0 Å². The maximum atomic E-state index is 5.49. The van der Waals surface area contributed by atoms with Crippen LogP contribution < -0.4 is 0 Å². The van der Waals surface area contributed by atoms with Crippen molar-refractivity contribution in [1.29, 1.82) is 0 Å². The summed E-state index contributed by atoms with van der Waals surface area (Å²) in [5, 5.41) is -0.157. The van der Waals surface area contributed by atoms with Gasteiger partial charge in [-0.15, -0.1) is 0 Å². The van der Waals surface area contributed by atoms with E-state index >= 15 is 0 Å². The molecular formula is C9H24O6Si2. The van der Waals surface area contributed by atoms with Crippen LogP contribution in [0.2, 0.25) is 5.16 Å². The highest BCUT2D eigenvalue weighted by Crippen LogP contribution is 2.37. The van der Waals surface area contributed by atoms with E-state index in [1.54, 1.807) is 42.7 Å². The van der Waals surface area contributed by atoms with Gasteiger partial charge in [-0.1, -0.05) is 6.92 Å². The third kappa shape index (κ3) is 3.15. The van der Waals surface area contributed by atoms with Gasteiger partial charge in [0.05, 0.1) is 5.16 Å². The zero-order valence-corrected chi connectivity index (χ0v) is 13.7. The van der Waals surface area contributed by atoms with Gasteiger partial charge in [0.2, 0.25) is 0 Å². The molecule has 0 saturated carbocycles. The van der Waals surface area contributed by atoms with Gasteiger partial charge in [0, 0.05) is 42.7 Å². The van der Waals surface area contributed by atoms with Crippen LogP contribution in [-0.2, 0) is 26.6 Å². The molecule has 0 aliphatic rings. The Hall–Kier alpha value is 0.194. The third-order valence-corrected chi connectivity index (χ3v) is 11.0. The summed E-state index contributed by atoms with van der Waals surface area (Å²) >= 11 is 0. The van der Waals surface area contributed by atoms with Gasteiger partial charge in [-0.25, -0.2) is 0 Å². The van der Waals surface area contributed by atoms with Crippen molar-refractivity contribution < 1.29 is 26.6 Å². The SMILES string of the molecule is CCC([Si](OC)(OC)OC)[Si](OC)(OC)OC. The largest absolute Gasteiger partial charge is 0.507 e. The molecule has 0 aromatic heterocycles. The molecule has 0 fully saturated rings. The fraction of sp³-hybridized carbons (Fsp3) is 1.00. The maximum Gasteiger partial charge on any atom is 0.507 e. The van der Waals surface area contributed by atoms with E-state index in [4.69, 9.17) is 26.6 Å². The van der Waals surface area contributed by atoms with E-state index < -0.39 is 17.6 Å². The van der Waals surface area contributed by atoms with Gasteiger partial charge in [0.1, 0.15) is 0 Å². The second kappa shape index (κ2) is 7.59. The molecule has 0 unspecified atom stereocenters. The monoisotopic (exact) mass is 284 g/mol. The van der Waals surface area contributed by atoms with Crippen molar-refractivity contribution in [2.24, 2.45) is 0 Å². The number of rotatable bonds is 9. The Morgan fingerprint density at radius 2 is 0.882 bits per heavy atom. The average molecular weight is 284 g/mol. The van der Waals surface area contributed by atoms with Crippen molar-refractivity contribution in [2.45, 2.75) is 18.5 Å². The quantitative estimate of drug-likeness (QED) is 0.590. The van der Waals surface area contributed by atoms with Crippen LogP contribution >= 0.6 is 0 Å². The van der Waals surface area contributed by atoms with Crippen LogP contribution in [0.25, 0.3) is 0 Å². The summed E-state index contributed by atoms with van der Waals surface area (Å²) in [7, 11) is 3.71. The third-order valence-electron chi connectivity index (χ3n) is 2.97. The molecule has 0 heterocycles. The summed E-state index contributed by atoms with van der Waals surface area (Å²) in [6, 6.07) is 0. The van der Waals surface area contributed by atoms with E-state index in [1.165, 1.54) is 0 Å². The Labute approximate surface area is 106 Å². The normalized spacial score (nSPS) is 13.4. The fourth-order valence-electron chi connectivity index (χ4n) is 2.07. The standard InChI is InChI=1S/C9H24O6Si2/c1-8-9(16(10-2,11-3)12-4)17(13-5,14-6)15-7/h9H,8H2,1-7H3. The lowest BCUT2D eigenvalue weighted by atomic mass is 10.6. The van der Waals surface area contributed by atoms with E-state index in [0.29, 0.717) is 0 Å². The van der Waals surface area contributed by atoms with Crippen LogP contribution in [0.1, 0.15) is 13.3 Å². The molecular weight excluding hydrogens is 260 g/mol. The molecule has 0 aliphatic heterocycles. The van der Waals surface area contributed by atoms with E-state index in [0.717, 1.165) is 6.42 Å². The van der Waals surface area contributed by atoms with Crippen LogP contribution in [0.15, 0.2) is 0 Å². The smallest absolute Gasteiger partial charge is 0.377 e. The molecule has 8 heteroatoms. The van der Waals surface area contributed by atoms with Crippen molar-refractivity contribution in [3.05, 3.63) is 0 Å². The first-order valence-electron chi connectivity index (χ1n) is 5.37. The molecule has 0 N–H and O–H groups in total. The van der Waals surface area contributed by atoms with Crippen molar-refractivity contribution in [2.75, 3.05) is 42.7 Å². The molecule has 0 amide bonds. The van der Waals surface area contributed by atoms with Gasteiger partial charge >= 0.3 is 17.6 Å². The van der Waals surface area contributed by atoms with Gasteiger partial charge in [-0.05, 0) is 6.42 Å². The molecule has 6 nitrogen and oxygen atoms in total. The average Bonchev–Trinajstić information content (AvgIpc) is 2.40. The van der Waals surface area contributed by atoms with Gasteiger partial charge in [0.15, 0.2) is 0 Å². The first-order valence-corrected chi connectivity index (χ1v) is 8.97. The van der Waals surface area contributed by atoms with Crippen molar-refractivity contribution in [1.82, 2.24) is 0 Å². The highest BCUT2D eigenvalue weighted by Gasteiger charge is 2.63.